The highest BCUT2D eigenvalue weighted by Gasteiger charge is 2.66. The lowest BCUT2D eigenvalue weighted by molar-refractivity contribution is -0.148. The Hall–Kier alpha value is -2.14. The molecular weight excluding hydrogens is 270 g/mol. The molecule has 5 nitrogen and oxygen atoms in total. The molecule has 1 amide bonds. The van der Waals surface area contributed by atoms with Gasteiger partial charge in [-0.05, 0) is 5.56 Å². The molecule has 3 aliphatic heterocycles. The summed E-state index contributed by atoms with van der Waals surface area (Å²) in [4.78, 5) is 25.8. The highest BCUT2D eigenvalue weighted by atomic mass is 16.5. The largest absolute Gasteiger partial charge is 0.481 e. The number of aliphatic carboxylic acids is 1. The first-order valence-corrected chi connectivity index (χ1v) is 7.03. The van der Waals surface area contributed by atoms with Crippen molar-refractivity contribution < 1.29 is 19.4 Å². The van der Waals surface area contributed by atoms with Gasteiger partial charge < -0.3 is 14.7 Å². The number of hydrogen-bond acceptors (Lipinski definition) is 3. The van der Waals surface area contributed by atoms with E-state index in [4.69, 9.17) is 4.74 Å². The Morgan fingerprint density at radius 3 is 2.86 bits per heavy atom. The normalized spacial score (nSPS) is 36.3. The molecule has 5 heteroatoms. The van der Waals surface area contributed by atoms with E-state index < -0.39 is 29.5 Å². The van der Waals surface area contributed by atoms with Crippen molar-refractivity contribution in [1.29, 1.82) is 0 Å². The zero-order valence-electron chi connectivity index (χ0n) is 11.3. The SMILES string of the molecule is O=C(O)[C@@H]1[C@H]2C=C[C@]3(CN(Cc4ccccc4)C(=O)[C@@H]13)O2. The van der Waals surface area contributed by atoms with Gasteiger partial charge in [0.05, 0.1) is 18.6 Å². The van der Waals surface area contributed by atoms with Crippen LogP contribution < -0.4 is 0 Å². The minimum absolute atomic E-state index is 0.113. The molecule has 4 rings (SSSR count). The van der Waals surface area contributed by atoms with Crippen molar-refractivity contribution in [2.24, 2.45) is 11.8 Å². The summed E-state index contributed by atoms with van der Waals surface area (Å²) in [5, 5.41) is 9.39. The predicted octanol–water partition coefficient (Wildman–Crippen LogP) is 1.05. The van der Waals surface area contributed by atoms with Gasteiger partial charge in [-0.15, -0.1) is 0 Å². The number of fused-ring (bicyclic) bond motifs is 1. The number of carboxylic acids is 1. The second-order valence-corrected chi connectivity index (χ2v) is 5.92. The second kappa shape index (κ2) is 4.18. The lowest BCUT2D eigenvalue weighted by Gasteiger charge is -2.21. The monoisotopic (exact) mass is 285 g/mol. The predicted molar refractivity (Wildman–Crippen MR) is 73.2 cm³/mol. The molecule has 2 bridgehead atoms. The molecule has 0 unspecified atom stereocenters. The van der Waals surface area contributed by atoms with Crippen molar-refractivity contribution in [1.82, 2.24) is 4.90 Å². The number of carbonyl (C=O) groups excluding carboxylic acids is 1. The fourth-order valence-corrected chi connectivity index (χ4v) is 3.80. The van der Waals surface area contributed by atoms with Gasteiger partial charge in [-0.1, -0.05) is 42.5 Å². The molecule has 0 aromatic heterocycles. The summed E-state index contributed by atoms with van der Waals surface area (Å²) in [5.74, 6) is -2.42. The molecular formula is C16H15NO4. The molecule has 0 aliphatic carbocycles. The van der Waals surface area contributed by atoms with Crippen molar-refractivity contribution in [2.45, 2.75) is 18.2 Å². The molecule has 2 saturated heterocycles. The molecule has 4 atom stereocenters. The number of hydrogen-bond donors (Lipinski definition) is 1. The molecule has 1 spiro atoms. The fourth-order valence-electron chi connectivity index (χ4n) is 3.80. The van der Waals surface area contributed by atoms with Crippen molar-refractivity contribution in [3.05, 3.63) is 48.0 Å². The first-order chi connectivity index (χ1) is 10.1. The lowest BCUT2D eigenvalue weighted by atomic mass is 9.77. The Labute approximate surface area is 121 Å². The molecule has 0 radical (unpaired) electrons. The third-order valence-corrected chi connectivity index (χ3v) is 4.68. The summed E-state index contributed by atoms with van der Waals surface area (Å²) < 4.78 is 5.84. The van der Waals surface area contributed by atoms with E-state index in [0.717, 1.165) is 5.56 Å². The van der Waals surface area contributed by atoms with E-state index >= 15 is 0 Å². The zero-order chi connectivity index (χ0) is 14.6. The number of ether oxygens (including phenoxy) is 1. The van der Waals surface area contributed by atoms with Crippen LogP contribution in [-0.4, -0.2) is 40.1 Å². The number of rotatable bonds is 3. The minimum Gasteiger partial charge on any atom is -0.481 e. The van der Waals surface area contributed by atoms with Crippen molar-refractivity contribution >= 4 is 11.9 Å². The molecule has 3 aliphatic rings. The molecule has 1 N–H and O–H groups in total. The van der Waals surface area contributed by atoms with Crippen molar-refractivity contribution in [3.63, 3.8) is 0 Å². The van der Waals surface area contributed by atoms with E-state index in [1.807, 2.05) is 36.4 Å². The molecule has 108 valence electrons. The van der Waals surface area contributed by atoms with Gasteiger partial charge in [0.1, 0.15) is 11.5 Å². The third kappa shape index (κ3) is 1.67. The maximum atomic E-state index is 12.6. The van der Waals surface area contributed by atoms with Crippen LogP contribution in [0.15, 0.2) is 42.5 Å². The summed E-state index contributed by atoms with van der Waals surface area (Å²) in [7, 11) is 0. The van der Waals surface area contributed by atoms with Gasteiger partial charge >= 0.3 is 5.97 Å². The van der Waals surface area contributed by atoms with Gasteiger partial charge in [-0.25, -0.2) is 0 Å². The Morgan fingerprint density at radius 1 is 1.38 bits per heavy atom. The third-order valence-electron chi connectivity index (χ3n) is 4.68. The van der Waals surface area contributed by atoms with Crippen LogP contribution in [0.2, 0.25) is 0 Å². The average molecular weight is 285 g/mol. The van der Waals surface area contributed by atoms with Crippen LogP contribution in [-0.2, 0) is 20.9 Å². The summed E-state index contributed by atoms with van der Waals surface area (Å²) in [6, 6.07) is 9.70. The van der Waals surface area contributed by atoms with Crippen LogP contribution >= 0.6 is 0 Å². The van der Waals surface area contributed by atoms with Gasteiger partial charge in [0.25, 0.3) is 0 Å². The quantitative estimate of drug-likeness (QED) is 0.843. The van der Waals surface area contributed by atoms with Crippen molar-refractivity contribution in [2.75, 3.05) is 6.54 Å². The molecule has 1 aromatic rings. The summed E-state index contributed by atoms with van der Waals surface area (Å²) in [6.45, 7) is 0.925. The number of carbonyl (C=O) groups is 2. The van der Waals surface area contributed by atoms with E-state index in [1.165, 1.54) is 0 Å². The number of carboxylic acid groups (broad SMARTS) is 1. The maximum absolute atomic E-state index is 12.6. The van der Waals surface area contributed by atoms with Crippen LogP contribution in [0.5, 0.6) is 0 Å². The Balaban J connectivity index is 1.63. The molecule has 2 fully saturated rings. The molecule has 1 aromatic carbocycles. The maximum Gasteiger partial charge on any atom is 0.310 e. The second-order valence-electron chi connectivity index (χ2n) is 5.92. The van der Waals surface area contributed by atoms with E-state index in [0.29, 0.717) is 13.1 Å². The van der Waals surface area contributed by atoms with Gasteiger partial charge in [0.2, 0.25) is 5.91 Å². The Kier molecular flexibility index (Phi) is 2.50. The standard InChI is InChI=1S/C16H15NO4/c18-14-13-12(15(19)20)11-6-7-16(13,21-11)9-17(14)8-10-4-2-1-3-5-10/h1-7,11-13H,8-9H2,(H,19,20)/t11-,12-,13-,16-/m1/s1. The number of nitrogens with zero attached hydrogens (tertiary/aromatic N) is 1. The number of amides is 1. The average Bonchev–Trinajstić information content (AvgIpc) is 3.09. The summed E-state index contributed by atoms with van der Waals surface area (Å²) >= 11 is 0. The summed E-state index contributed by atoms with van der Waals surface area (Å²) in [5.41, 5.74) is 0.298. The van der Waals surface area contributed by atoms with Crippen LogP contribution in [0.3, 0.4) is 0 Å². The molecule has 3 heterocycles. The van der Waals surface area contributed by atoms with Gasteiger partial charge in [-0.2, -0.15) is 0 Å². The first-order valence-electron chi connectivity index (χ1n) is 7.03. The van der Waals surface area contributed by atoms with E-state index in [1.54, 1.807) is 11.0 Å². The summed E-state index contributed by atoms with van der Waals surface area (Å²) in [6.07, 6.45) is 3.20. The zero-order valence-corrected chi connectivity index (χ0v) is 11.3. The Morgan fingerprint density at radius 2 is 2.14 bits per heavy atom. The van der Waals surface area contributed by atoms with Crippen molar-refractivity contribution in [3.8, 4) is 0 Å². The first kappa shape index (κ1) is 12.6. The van der Waals surface area contributed by atoms with Crippen LogP contribution in [0.1, 0.15) is 5.56 Å². The van der Waals surface area contributed by atoms with E-state index in [9.17, 15) is 14.7 Å². The highest BCUT2D eigenvalue weighted by molar-refractivity contribution is 5.90. The Bertz CT molecular complexity index is 641. The van der Waals surface area contributed by atoms with Crippen LogP contribution in [0.25, 0.3) is 0 Å². The smallest absolute Gasteiger partial charge is 0.310 e. The van der Waals surface area contributed by atoms with Gasteiger partial charge in [-0.3, -0.25) is 9.59 Å². The van der Waals surface area contributed by atoms with E-state index in [-0.39, 0.29) is 5.91 Å². The number of benzene rings is 1. The lowest BCUT2D eigenvalue weighted by Crippen LogP contribution is -2.39. The van der Waals surface area contributed by atoms with E-state index in [2.05, 4.69) is 0 Å². The molecule has 0 saturated carbocycles. The van der Waals surface area contributed by atoms with Crippen LogP contribution in [0, 0.1) is 11.8 Å². The number of likely N-dealkylation sites (tertiary alicyclic amines) is 1. The minimum atomic E-state index is -0.953. The van der Waals surface area contributed by atoms with Crippen LogP contribution in [0.4, 0.5) is 0 Å². The fraction of sp³-hybridized carbons (Fsp3) is 0.375. The molecule has 21 heavy (non-hydrogen) atoms. The topological polar surface area (TPSA) is 66.8 Å². The highest BCUT2D eigenvalue weighted by Crippen LogP contribution is 2.52. The van der Waals surface area contributed by atoms with Gasteiger partial charge in [0.15, 0.2) is 0 Å². The van der Waals surface area contributed by atoms with Gasteiger partial charge in [0, 0.05) is 6.54 Å².